The van der Waals surface area contributed by atoms with Crippen LogP contribution in [0.1, 0.15) is 30.1 Å². The van der Waals surface area contributed by atoms with Crippen LogP contribution in [0, 0.1) is 0 Å². The molecule has 0 radical (unpaired) electrons. The van der Waals surface area contributed by atoms with Crippen molar-refractivity contribution in [2.45, 2.75) is 31.8 Å². The molecule has 0 aliphatic heterocycles. The maximum absolute atomic E-state index is 11.8. The van der Waals surface area contributed by atoms with Gasteiger partial charge in [-0.2, -0.15) is 0 Å². The van der Waals surface area contributed by atoms with Crippen molar-refractivity contribution in [2.24, 2.45) is 5.73 Å². The minimum atomic E-state index is -0.558. The lowest BCUT2D eigenvalue weighted by molar-refractivity contribution is -0.121. The van der Waals surface area contributed by atoms with Gasteiger partial charge >= 0.3 is 0 Å². The summed E-state index contributed by atoms with van der Waals surface area (Å²) in [5, 5.41) is 5.86. The zero-order valence-corrected chi connectivity index (χ0v) is 10.8. The molecule has 1 aliphatic carbocycles. The fourth-order valence-corrected chi connectivity index (χ4v) is 1.75. The molecule has 2 amide bonds. The summed E-state index contributed by atoms with van der Waals surface area (Å²) < 4.78 is 0. The Balaban J connectivity index is 2.10. The van der Waals surface area contributed by atoms with Gasteiger partial charge in [-0.15, -0.1) is 0 Å². The molecular weight excluding hydrogens is 244 g/mol. The molecule has 6 heteroatoms. The smallest absolute Gasteiger partial charge is 0.250 e. The minimum Gasteiger partial charge on any atom is -0.399 e. The Kier molecular flexibility index (Phi) is 3.59. The molecule has 1 aliphatic rings. The minimum absolute atomic E-state index is 0.0969. The van der Waals surface area contributed by atoms with E-state index >= 15 is 0 Å². The summed E-state index contributed by atoms with van der Waals surface area (Å²) in [6.45, 7) is 1.73. The molecule has 1 aromatic rings. The molecule has 0 aromatic heterocycles. The number of rotatable bonds is 5. The van der Waals surface area contributed by atoms with E-state index < -0.39 is 11.9 Å². The van der Waals surface area contributed by atoms with Crippen LogP contribution in [0.4, 0.5) is 11.4 Å². The van der Waals surface area contributed by atoms with Crippen molar-refractivity contribution in [1.82, 2.24) is 5.32 Å². The number of carbonyl (C=O) groups is 2. The second-order valence-electron chi connectivity index (χ2n) is 4.82. The molecule has 102 valence electrons. The lowest BCUT2D eigenvalue weighted by Gasteiger charge is -2.17. The van der Waals surface area contributed by atoms with Crippen LogP contribution in [0.15, 0.2) is 18.2 Å². The van der Waals surface area contributed by atoms with Crippen molar-refractivity contribution in [1.29, 1.82) is 0 Å². The Morgan fingerprint density at radius 1 is 1.37 bits per heavy atom. The van der Waals surface area contributed by atoms with E-state index in [9.17, 15) is 9.59 Å². The molecule has 0 bridgehead atoms. The lowest BCUT2D eigenvalue weighted by Crippen LogP contribution is -2.39. The van der Waals surface area contributed by atoms with Crippen molar-refractivity contribution in [2.75, 3.05) is 11.1 Å². The summed E-state index contributed by atoms with van der Waals surface area (Å²) in [5.41, 5.74) is 12.3. The van der Waals surface area contributed by atoms with Gasteiger partial charge < -0.3 is 22.1 Å². The molecule has 1 atom stereocenters. The van der Waals surface area contributed by atoms with E-state index in [0.29, 0.717) is 23.0 Å². The van der Waals surface area contributed by atoms with Gasteiger partial charge in [-0.1, -0.05) is 0 Å². The topological polar surface area (TPSA) is 110 Å². The predicted octanol–water partition coefficient (Wildman–Crippen LogP) is 0.447. The maximum atomic E-state index is 11.8. The van der Waals surface area contributed by atoms with Crippen LogP contribution in [0.3, 0.4) is 0 Å². The Morgan fingerprint density at radius 2 is 2.05 bits per heavy atom. The number of primary amides is 1. The Labute approximate surface area is 111 Å². The summed E-state index contributed by atoms with van der Waals surface area (Å²) in [4.78, 5) is 23.2. The number of nitrogens with one attached hydrogen (secondary N) is 2. The summed E-state index contributed by atoms with van der Waals surface area (Å²) in [6.07, 6.45) is 2.06. The van der Waals surface area contributed by atoms with Gasteiger partial charge in [-0.05, 0) is 38.0 Å². The third-order valence-electron chi connectivity index (χ3n) is 3.00. The van der Waals surface area contributed by atoms with Crippen molar-refractivity contribution >= 4 is 23.2 Å². The normalized spacial score (nSPS) is 15.6. The van der Waals surface area contributed by atoms with E-state index in [0.717, 1.165) is 12.8 Å². The highest BCUT2D eigenvalue weighted by Crippen LogP contribution is 2.21. The van der Waals surface area contributed by atoms with Crippen LogP contribution in [0.2, 0.25) is 0 Å². The van der Waals surface area contributed by atoms with Crippen LogP contribution in [0.5, 0.6) is 0 Å². The second-order valence-corrected chi connectivity index (χ2v) is 4.82. The average molecular weight is 262 g/mol. The number of carbonyl (C=O) groups excluding carboxylic acids is 2. The van der Waals surface area contributed by atoms with E-state index in [4.69, 9.17) is 11.5 Å². The number of nitrogen functional groups attached to an aromatic ring is 1. The molecule has 0 saturated heterocycles. The predicted molar refractivity (Wildman–Crippen MR) is 73.6 cm³/mol. The van der Waals surface area contributed by atoms with Gasteiger partial charge in [0.15, 0.2) is 0 Å². The molecule has 0 heterocycles. The SMILES string of the molecule is CC(Nc1cc(N)ccc1C(N)=O)C(=O)NC1CC1. The number of hydrogen-bond acceptors (Lipinski definition) is 4. The first-order valence-corrected chi connectivity index (χ1v) is 6.23. The second kappa shape index (κ2) is 5.17. The summed E-state index contributed by atoms with van der Waals surface area (Å²) in [7, 11) is 0. The van der Waals surface area contributed by atoms with Gasteiger partial charge in [0.2, 0.25) is 5.91 Å². The van der Waals surface area contributed by atoms with Gasteiger partial charge in [0.1, 0.15) is 6.04 Å². The molecule has 1 saturated carbocycles. The molecule has 6 nitrogen and oxygen atoms in total. The van der Waals surface area contributed by atoms with Crippen molar-refractivity contribution in [3.8, 4) is 0 Å². The van der Waals surface area contributed by atoms with Crippen molar-refractivity contribution < 1.29 is 9.59 Å². The molecule has 1 aromatic carbocycles. The summed E-state index contributed by atoms with van der Waals surface area (Å²) in [5.74, 6) is -0.655. The summed E-state index contributed by atoms with van der Waals surface area (Å²) >= 11 is 0. The van der Waals surface area contributed by atoms with Crippen LogP contribution >= 0.6 is 0 Å². The zero-order valence-electron chi connectivity index (χ0n) is 10.8. The molecule has 0 spiro atoms. The van der Waals surface area contributed by atoms with Gasteiger partial charge in [0.05, 0.1) is 5.56 Å². The van der Waals surface area contributed by atoms with Crippen LogP contribution in [-0.2, 0) is 4.79 Å². The third-order valence-corrected chi connectivity index (χ3v) is 3.00. The zero-order chi connectivity index (χ0) is 14.0. The van der Waals surface area contributed by atoms with Crippen LogP contribution in [0.25, 0.3) is 0 Å². The number of benzene rings is 1. The van der Waals surface area contributed by atoms with Crippen LogP contribution in [-0.4, -0.2) is 23.9 Å². The highest BCUT2D eigenvalue weighted by Gasteiger charge is 2.26. The van der Waals surface area contributed by atoms with Crippen LogP contribution < -0.4 is 22.1 Å². The quantitative estimate of drug-likeness (QED) is 0.577. The molecule has 1 unspecified atom stereocenters. The number of anilines is 2. The monoisotopic (exact) mass is 262 g/mol. The largest absolute Gasteiger partial charge is 0.399 e. The standard InChI is InChI=1S/C13H18N4O2/c1-7(13(19)17-9-3-4-9)16-11-6-8(14)2-5-10(11)12(15)18/h2,5-7,9,16H,3-4,14H2,1H3,(H2,15,18)(H,17,19). The first kappa shape index (κ1) is 13.2. The van der Waals surface area contributed by atoms with E-state index in [1.165, 1.54) is 0 Å². The van der Waals surface area contributed by atoms with Gasteiger partial charge in [0.25, 0.3) is 5.91 Å². The Hall–Kier alpha value is -2.24. The molecule has 19 heavy (non-hydrogen) atoms. The van der Waals surface area contributed by atoms with Gasteiger partial charge in [0, 0.05) is 17.4 Å². The first-order valence-electron chi connectivity index (χ1n) is 6.23. The third kappa shape index (κ3) is 3.37. The van der Waals surface area contributed by atoms with Gasteiger partial charge in [-0.25, -0.2) is 0 Å². The van der Waals surface area contributed by atoms with Crippen molar-refractivity contribution in [3.63, 3.8) is 0 Å². The fraction of sp³-hybridized carbons (Fsp3) is 0.385. The summed E-state index contributed by atoms with van der Waals surface area (Å²) in [6, 6.07) is 4.58. The van der Waals surface area contributed by atoms with E-state index in [-0.39, 0.29) is 5.91 Å². The van der Waals surface area contributed by atoms with Gasteiger partial charge in [-0.3, -0.25) is 9.59 Å². The molecule has 6 N–H and O–H groups in total. The highest BCUT2D eigenvalue weighted by atomic mass is 16.2. The number of amides is 2. The molecule has 1 fully saturated rings. The first-order chi connectivity index (χ1) is 8.97. The average Bonchev–Trinajstić information content (AvgIpc) is 3.12. The molecule has 2 rings (SSSR count). The molecular formula is C13H18N4O2. The number of hydrogen-bond donors (Lipinski definition) is 4. The Morgan fingerprint density at radius 3 is 2.63 bits per heavy atom. The van der Waals surface area contributed by atoms with Crippen molar-refractivity contribution in [3.05, 3.63) is 23.8 Å². The number of nitrogens with two attached hydrogens (primary N) is 2. The lowest BCUT2D eigenvalue weighted by atomic mass is 10.1. The maximum Gasteiger partial charge on any atom is 0.250 e. The van der Waals surface area contributed by atoms with E-state index in [2.05, 4.69) is 10.6 Å². The highest BCUT2D eigenvalue weighted by molar-refractivity contribution is 6.00. The van der Waals surface area contributed by atoms with E-state index in [1.807, 2.05) is 0 Å². The fourth-order valence-electron chi connectivity index (χ4n) is 1.75. The van der Waals surface area contributed by atoms with E-state index in [1.54, 1.807) is 25.1 Å². The Bertz CT molecular complexity index is 511.